The van der Waals surface area contributed by atoms with Crippen molar-refractivity contribution in [1.29, 1.82) is 5.26 Å². The van der Waals surface area contributed by atoms with Crippen LogP contribution in [0.2, 0.25) is 0 Å². The first-order valence-electron chi connectivity index (χ1n) is 11.9. The molecule has 3 aromatic heterocycles. The SMILES string of the molecule is Cn1c(=O)c([N+](=O)[O-])c(N2CCC(/C(=N/OCC3CC3)c3ccccn3)CC2)c2nc(C#N)ccc21. The van der Waals surface area contributed by atoms with E-state index in [1.807, 2.05) is 29.2 Å². The van der Waals surface area contributed by atoms with Crippen LogP contribution in [0.25, 0.3) is 11.0 Å². The largest absolute Gasteiger partial charge is 0.395 e. The van der Waals surface area contributed by atoms with E-state index in [4.69, 9.17) is 4.84 Å². The molecule has 0 spiro atoms. The third-order valence-electron chi connectivity index (χ3n) is 6.78. The predicted octanol–water partition coefficient (Wildman–Crippen LogP) is 3.16. The molecule has 4 heterocycles. The number of fused-ring (bicyclic) bond motifs is 1. The molecule has 1 aliphatic carbocycles. The fourth-order valence-electron chi connectivity index (χ4n) is 4.62. The minimum absolute atomic E-state index is 0.0369. The van der Waals surface area contributed by atoms with Gasteiger partial charge >= 0.3 is 11.2 Å². The minimum Gasteiger partial charge on any atom is -0.395 e. The molecule has 11 nitrogen and oxygen atoms in total. The minimum atomic E-state index is -0.708. The van der Waals surface area contributed by atoms with E-state index in [0.29, 0.717) is 44.0 Å². The molecule has 0 atom stereocenters. The summed E-state index contributed by atoms with van der Waals surface area (Å²) in [6.45, 7) is 1.48. The summed E-state index contributed by atoms with van der Waals surface area (Å²) in [6.07, 6.45) is 5.31. The monoisotopic (exact) mass is 487 g/mol. The van der Waals surface area contributed by atoms with Crippen LogP contribution in [0.15, 0.2) is 46.5 Å². The number of aryl methyl sites for hydroxylation is 1. The molecule has 1 saturated heterocycles. The molecule has 0 N–H and O–H groups in total. The molecular formula is C25H25N7O4. The van der Waals surface area contributed by atoms with Gasteiger partial charge in [-0.2, -0.15) is 5.26 Å². The number of oxime groups is 1. The van der Waals surface area contributed by atoms with Gasteiger partial charge in [0.05, 0.1) is 16.1 Å². The molecule has 36 heavy (non-hydrogen) atoms. The van der Waals surface area contributed by atoms with Crippen LogP contribution in [0.4, 0.5) is 11.4 Å². The highest BCUT2D eigenvalue weighted by Crippen LogP contribution is 2.36. The second-order valence-electron chi connectivity index (χ2n) is 9.19. The lowest BCUT2D eigenvalue weighted by molar-refractivity contribution is -0.385. The van der Waals surface area contributed by atoms with Crippen molar-refractivity contribution >= 4 is 28.1 Å². The normalized spacial score (nSPS) is 16.7. The Morgan fingerprint density at radius 1 is 1.25 bits per heavy atom. The van der Waals surface area contributed by atoms with Gasteiger partial charge in [-0.1, -0.05) is 11.2 Å². The van der Waals surface area contributed by atoms with E-state index in [1.165, 1.54) is 17.7 Å². The average Bonchev–Trinajstić information content (AvgIpc) is 3.73. The highest BCUT2D eigenvalue weighted by Gasteiger charge is 2.34. The molecule has 2 aliphatic rings. The Labute approximate surface area is 206 Å². The molecule has 0 bridgehead atoms. The maximum absolute atomic E-state index is 12.9. The van der Waals surface area contributed by atoms with Crippen molar-refractivity contribution in [2.24, 2.45) is 24.0 Å². The first-order valence-corrected chi connectivity index (χ1v) is 11.9. The number of hydrogen-bond acceptors (Lipinski definition) is 9. The molecule has 184 valence electrons. The second kappa shape index (κ2) is 9.73. The molecule has 3 aromatic rings. The Kier molecular flexibility index (Phi) is 6.33. The van der Waals surface area contributed by atoms with Crippen LogP contribution in [-0.4, -0.2) is 44.9 Å². The van der Waals surface area contributed by atoms with Crippen molar-refractivity contribution in [3.05, 3.63) is 68.4 Å². The summed E-state index contributed by atoms with van der Waals surface area (Å²) < 4.78 is 1.21. The van der Waals surface area contributed by atoms with E-state index < -0.39 is 16.2 Å². The number of rotatable bonds is 7. The maximum atomic E-state index is 12.9. The van der Waals surface area contributed by atoms with Gasteiger partial charge in [0.15, 0.2) is 0 Å². The topological polar surface area (TPSA) is 140 Å². The molecule has 11 heteroatoms. The molecule has 5 rings (SSSR count). The number of nitrogens with zero attached hydrogens (tertiary/aromatic N) is 7. The third-order valence-corrected chi connectivity index (χ3v) is 6.78. The summed E-state index contributed by atoms with van der Waals surface area (Å²) in [4.78, 5) is 40.6. The van der Waals surface area contributed by atoms with Crippen molar-refractivity contribution < 1.29 is 9.76 Å². The van der Waals surface area contributed by atoms with E-state index in [1.54, 1.807) is 12.3 Å². The number of pyridine rings is 3. The van der Waals surface area contributed by atoms with Crippen LogP contribution in [0, 0.1) is 33.3 Å². The van der Waals surface area contributed by atoms with E-state index in [2.05, 4.69) is 15.1 Å². The summed E-state index contributed by atoms with van der Waals surface area (Å²) in [6, 6.07) is 10.7. The fraction of sp³-hybridized carbons (Fsp3) is 0.400. The zero-order valence-electron chi connectivity index (χ0n) is 19.8. The van der Waals surface area contributed by atoms with E-state index >= 15 is 0 Å². The fourth-order valence-corrected chi connectivity index (χ4v) is 4.62. The van der Waals surface area contributed by atoms with E-state index in [9.17, 15) is 20.2 Å². The van der Waals surface area contributed by atoms with Gasteiger partial charge in [-0.3, -0.25) is 19.9 Å². The van der Waals surface area contributed by atoms with Gasteiger partial charge in [-0.25, -0.2) is 4.98 Å². The summed E-state index contributed by atoms with van der Waals surface area (Å²) in [7, 11) is 1.47. The average molecular weight is 488 g/mol. The molecule has 2 fully saturated rings. The van der Waals surface area contributed by atoms with Gasteiger partial charge in [-0.05, 0) is 55.9 Å². The van der Waals surface area contributed by atoms with Crippen molar-refractivity contribution in [1.82, 2.24) is 14.5 Å². The predicted molar refractivity (Wildman–Crippen MR) is 133 cm³/mol. The van der Waals surface area contributed by atoms with Gasteiger partial charge in [-0.15, -0.1) is 0 Å². The van der Waals surface area contributed by atoms with E-state index in [-0.39, 0.29) is 22.8 Å². The van der Waals surface area contributed by atoms with Crippen molar-refractivity contribution in [3.8, 4) is 6.07 Å². The number of piperidine rings is 1. The van der Waals surface area contributed by atoms with E-state index in [0.717, 1.165) is 24.2 Å². The molecule has 0 unspecified atom stereocenters. The Morgan fingerprint density at radius 2 is 2.03 bits per heavy atom. The zero-order chi connectivity index (χ0) is 25.2. The quantitative estimate of drug-likeness (QED) is 0.281. The zero-order valence-corrected chi connectivity index (χ0v) is 19.8. The molecule has 1 saturated carbocycles. The molecule has 0 amide bonds. The van der Waals surface area contributed by atoms with Gasteiger partial charge in [0.2, 0.25) is 0 Å². The number of anilines is 1. The van der Waals surface area contributed by atoms with Crippen molar-refractivity contribution in [3.63, 3.8) is 0 Å². The molecule has 0 aromatic carbocycles. The molecule has 1 aliphatic heterocycles. The lowest BCUT2D eigenvalue weighted by Gasteiger charge is -2.33. The highest BCUT2D eigenvalue weighted by atomic mass is 16.6. The number of nitriles is 1. The smallest absolute Gasteiger partial charge is 0.359 e. The standard InChI is InChI=1S/C25H25N7O4/c1-30-20-8-7-18(14-26)28-22(20)23(24(25(30)33)32(34)35)31-12-9-17(10-13-31)21(19-4-2-3-11-27-19)29-36-15-16-5-6-16/h2-4,7-8,11,16-17H,5-6,9-10,12-13,15H2,1H3/b29-21-. The Bertz CT molecular complexity index is 1430. The lowest BCUT2D eigenvalue weighted by Crippen LogP contribution is -2.38. The summed E-state index contributed by atoms with van der Waals surface area (Å²) in [5, 5.41) is 25.8. The first kappa shape index (κ1) is 23.4. The highest BCUT2D eigenvalue weighted by molar-refractivity contribution is 6.00. The van der Waals surface area contributed by atoms with Crippen molar-refractivity contribution in [2.75, 3.05) is 24.6 Å². The Morgan fingerprint density at radius 3 is 2.67 bits per heavy atom. The summed E-state index contributed by atoms with van der Waals surface area (Å²) in [5.41, 5.74) is 1.27. The van der Waals surface area contributed by atoms with Crippen LogP contribution in [-0.2, 0) is 11.9 Å². The Hall–Kier alpha value is -4.33. The molecular weight excluding hydrogens is 462 g/mol. The summed E-state index contributed by atoms with van der Waals surface area (Å²) in [5.74, 6) is 0.607. The van der Waals surface area contributed by atoms with Crippen LogP contribution < -0.4 is 10.5 Å². The Balaban J connectivity index is 1.48. The van der Waals surface area contributed by atoms with Gasteiger partial charge in [0.1, 0.15) is 35.3 Å². The van der Waals surface area contributed by atoms with Gasteiger partial charge in [0.25, 0.3) is 0 Å². The molecule has 0 radical (unpaired) electrons. The summed E-state index contributed by atoms with van der Waals surface area (Å²) >= 11 is 0. The maximum Gasteiger partial charge on any atom is 0.359 e. The van der Waals surface area contributed by atoms with Crippen LogP contribution >= 0.6 is 0 Å². The lowest BCUT2D eigenvalue weighted by atomic mass is 9.89. The third kappa shape index (κ3) is 4.49. The van der Waals surface area contributed by atoms with Crippen LogP contribution in [0.1, 0.15) is 37.1 Å². The van der Waals surface area contributed by atoms with Gasteiger partial charge in [0, 0.05) is 32.3 Å². The van der Waals surface area contributed by atoms with Gasteiger partial charge < -0.3 is 14.3 Å². The number of aromatic nitrogens is 3. The van der Waals surface area contributed by atoms with Crippen molar-refractivity contribution in [2.45, 2.75) is 25.7 Å². The number of nitro groups is 1. The second-order valence-corrected chi connectivity index (χ2v) is 9.19. The number of hydrogen-bond donors (Lipinski definition) is 0. The van der Waals surface area contributed by atoms with Crippen LogP contribution in [0.3, 0.4) is 0 Å². The first-order chi connectivity index (χ1) is 17.5. The van der Waals surface area contributed by atoms with Crippen LogP contribution in [0.5, 0.6) is 0 Å².